The zero-order valence-corrected chi connectivity index (χ0v) is 12.8. The van der Waals surface area contributed by atoms with Gasteiger partial charge in [0.15, 0.2) is 6.10 Å². The van der Waals surface area contributed by atoms with Crippen LogP contribution in [0, 0.1) is 0 Å². The van der Waals surface area contributed by atoms with E-state index >= 15 is 0 Å². The molecule has 1 aliphatic rings. The first-order chi connectivity index (χ1) is 10.2. The van der Waals surface area contributed by atoms with Gasteiger partial charge in [0, 0.05) is 0 Å². The molecule has 4 heteroatoms. The number of esters is 1. The highest BCUT2D eigenvalue weighted by Crippen LogP contribution is 2.32. The smallest absolute Gasteiger partial charge is 0.347 e. The molecule has 0 heterocycles. The molecule has 1 aromatic rings. The van der Waals surface area contributed by atoms with Crippen molar-refractivity contribution in [2.24, 2.45) is 0 Å². The van der Waals surface area contributed by atoms with Crippen molar-refractivity contribution in [1.29, 1.82) is 0 Å². The molecular formula is C17H24O4. The molecule has 0 aliphatic heterocycles. The van der Waals surface area contributed by atoms with Crippen molar-refractivity contribution in [2.75, 3.05) is 6.61 Å². The summed E-state index contributed by atoms with van der Waals surface area (Å²) in [5.41, 5.74) is 2.10. The molecule has 2 rings (SSSR count). The summed E-state index contributed by atoms with van der Waals surface area (Å²) in [5.74, 6) is 0.304. The van der Waals surface area contributed by atoms with Gasteiger partial charge in [0.2, 0.25) is 0 Å². The number of aliphatic hydroxyl groups excluding tert-OH is 1. The minimum Gasteiger partial charge on any atom is -0.479 e. The molecule has 1 aliphatic carbocycles. The summed E-state index contributed by atoms with van der Waals surface area (Å²) in [5, 5.41) is 10.1. The van der Waals surface area contributed by atoms with Gasteiger partial charge >= 0.3 is 5.97 Å². The Kier molecular flexibility index (Phi) is 5.62. The first kappa shape index (κ1) is 15.8. The van der Waals surface area contributed by atoms with E-state index in [9.17, 15) is 9.90 Å². The van der Waals surface area contributed by atoms with Gasteiger partial charge in [0.1, 0.15) is 5.75 Å². The van der Waals surface area contributed by atoms with Crippen LogP contribution in [0.15, 0.2) is 18.2 Å². The second-order valence-corrected chi connectivity index (χ2v) is 5.42. The van der Waals surface area contributed by atoms with E-state index in [4.69, 9.17) is 9.47 Å². The number of carbonyl (C=O) groups excluding carboxylic acids is 1. The molecular weight excluding hydrogens is 268 g/mol. The topological polar surface area (TPSA) is 55.8 Å². The highest BCUT2D eigenvalue weighted by atomic mass is 16.6. The molecule has 0 amide bonds. The van der Waals surface area contributed by atoms with E-state index in [-0.39, 0.29) is 5.97 Å². The van der Waals surface area contributed by atoms with Crippen molar-refractivity contribution < 1.29 is 19.4 Å². The third-order valence-corrected chi connectivity index (χ3v) is 3.78. The maximum atomic E-state index is 11.9. The molecule has 0 radical (unpaired) electrons. The van der Waals surface area contributed by atoms with Crippen molar-refractivity contribution in [1.82, 2.24) is 0 Å². The van der Waals surface area contributed by atoms with Crippen LogP contribution < -0.4 is 4.74 Å². The summed E-state index contributed by atoms with van der Waals surface area (Å²) in [7, 11) is 0. The minimum absolute atomic E-state index is 0.322. The predicted octanol–water partition coefficient (Wildman–Crippen LogP) is 3.17. The highest BCUT2D eigenvalue weighted by Gasteiger charge is 2.23. The van der Waals surface area contributed by atoms with Gasteiger partial charge in [-0.2, -0.15) is 0 Å². The van der Waals surface area contributed by atoms with Crippen LogP contribution in [0.25, 0.3) is 0 Å². The molecule has 21 heavy (non-hydrogen) atoms. The zero-order valence-electron chi connectivity index (χ0n) is 12.8. The van der Waals surface area contributed by atoms with Crippen LogP contribution in [0.2, 0.25) is 0 Å². The lowest BCUT2D eigenvalue weighted by atomic mass is 9.89. The maximum Gasteiger partial charge on any atom is 0.347 e. The van der Waals surface area contributed by atoms with Crippen molar-refractivity contribution in [3.63, 3.8) is 0 Å². The van der Waals surface area contributed by atoms with Crippen LogP contribution >= 0.6 is 0 Å². The zero-order chi connectivity index (χ0) is 15.2. The van der Waals surface area contributed by atoms with Crippen LogP contribution in [-0.4, -0.2) is 23.8 Å². The predicted molar refractivity (Wildman–Crippen MR) is 80.3 cm³/mol. The lowest BCUT2D eigenvalue weighted by Crippen LogP contribution is -2.29. The number of aryl methyl sites for hydroxylation is 1. The molecule has 0 aromatic heterocycles. The lowest BCUT2D eigenvalue weighted by Gasteiger charge is -2.23. The quantitative estimate of drug-likeness (QED) is 0.818. The molecule has 1 aromatic carbocycles. The molecule has 0 bridgehead atoms. The van der Waals surface area contributed by atoms with Gasteiger partial charge in [-0.3, -0.25) is 0 Å². The molecule has 2 atom stereocenters. The summed E-state index contributed by atoms with van der Waals surface area (Å²) in [6.45, 7) is 4.15. The summed E-state index contributed by atoms with van der Waals surface area (Å²) >= 11 is 0. The molecule has 0 spiro atoms. The Labute approximate surface area is 126 Å². The van der Waals surface area contributed by atoms with Gasteiger partial charge in [-0.25, -0.2) is 4.79 Å². The maximum absolute atomic E-state index is 11.9. The number of carbonyl (C=O) groups is 1. The number of benzene rings is 1. The molecule has 0 fully saturated rings. The van der Waals surface area contributed by atoms with E-state index in [0.29, 0.717) is 18.8 Å². The summed E-state index contributed by atoms with van der Waals surface area (Å²) in [4.78, 5) is 11.9. The Hall–Kier alpha value is -1.55. The summed E-state index contributed by atoms with van der Waals surface area (Å²) in [6.07, 6.45) is 3.25. The normalized spacial score (nSPS) is 18.7. The Bertz CT molecular complexity index is 484. The van der Waals surface area contributed by atoms with Gasteiger partial charge in [-0.05, 0) is 55.9 Å². The monoisotopic (exact) mass is 292 g/mol. The van der Waals surface area contributed by atoms with E-state index in [1.807, 2.05) is 25.1 Å². The largest absolute Gasteiger partial charge is 0.479 e. The molecule has 0 saturated carbocycles. The summed E-state index contributed by atoms with van der Waals surface area (Å²) in [6, 6.07) is 5.72. The van der Waals surface area contributed by atoms with Gasteiger partial charge in [0.25, 0.3) is 0 Å². The van der Waals surface area contributed by atoms with E-state index in [1.165, 1.54) is 5.56 Å². The molecule has 116 valence electrons. The lowest BCUT2D eigenvalue weighted by molar-refractivity contribution is -0.151. The van der Waals surface area contributed by atoms with E-state index < -0.39 is 12.2 Å². The van der Waals surface area contributed by atoms with Crippen LogP contribution in [-0.2, 0) is 16.0 Å². The van der Waals surface area contributed by atoms with E-state index in [0.717, 1.165) is 31.2 Å². The average Bonchev–Trinajstić information content (AvgIpc) is 2.48. The second kappa shape index (κ2) is 7.46. The first-order valence-electron chi connectivity index (χ1n) is 7.79. The fourth-order valence-electron chi connectivity index (χ4n) is 2.71. The van der Waals surface area contributed by atoms with Crippen LogP contribution in [0.5, 0.6) is 5.75 Å². The Balaban J connectivity index is 2.13. The van der Waals surface area contributed by atoms with Crippen molar-refractivity contribution in [3.8, 4) is 5.75 Å². The number of hydrogen-bond acceptors (Lipinski definition) is 4. The SMILES string of the molecule is CCCC(Oc1ccc2c(c1)[C@H](O)CCC2)C(=O)OCC. The van der Waals surface area contributed by atoms with Crippen LogP contribution in [0.3, 0.4) is 0 Å². The molecule has 1 unspecified atom stereocenters. The average molecular weight is 292 g/mol. The van der Waals surface area contributed by atoms with Crippen LogP contribution in [0.4, 0.5) is 0 Å². The molecule has 0 saturated heterocycles. The Morgan fingerprint density at radius 2 is 2.24 bits per heavy atom. The van der Waals surface area contributed by atoms with E-state index in [2.05, 4.69) is 0 Å². The number of aliphatic hydroxyl groups is 1. The third kappa shape index (κ3) is 3.97. The van der Waals surface area contributed by atoms with Gasteiger partial charge in [-0.15, -0.1) is 0 Å². The fraction of sp³-hybridized carbons (Fsp3) is 0.588. The van der Waals surface area contributed by atoms with Gasteiger partial charge < -0.3 is 14.6 Å². The summed E-state index contributed by atoms with van der Waals surface area (Å²) < 4.78 is 10.8. The Morgan fingerprint density at radius 3 is 2.95 bits per heavy atom. The van der Waals surface area contributed by atoms with Crippen molar-refractivity contribution >= 4 is 5.97 Å². The number of fused-ring (bicyclic) bond motifs is 1. The Morgan fingerprint density at radius 1 is 1.43 bits per heavy atom. The number of ether oxygens (including phenoxy) is 2. The van der Waals surface area contributed by atoms with Crippen LogP contribution in [0.1, 0.15) is 56.8 Å². The minimum atomic E-state index is -0.575. The van der Waals surface area contributed by atoms with Crippen molar-refractivity contribution in [2.45, 2.75) is 58.2 Å². The number of hydrogen-bond donors (Lipinski definition) is 1. The third-order valence-electron chi connectivity index (χ3n) is 3.78. The van der Waals surface area contributed by atoms with Gasteiger partial charge in [-0.1, -0.05) is 19.4 Å². The number of rotatable bonds is 6. The van der Waals surface area contributed by atoms with E-state index in [1.54, 1.807) is 6.92 Å². The standard InChI is InChI=1S/C17H24O4/c1-3-6-16(17(19)20-4-2)21-13-10-9-12-7-5-8-15(18)14(12)11-13/h9-11,15-16,18H,3-8H2,1-2H3/t15-,16?/m1/s1. The highest BCUT2D eigenvalue weighted by molar-refractivity contribution is 5.75. The molecule has 4 nitrogen and oxygen atoms in total. The van der Waals surface area contributed by atoms with Crippen molar-refractivity contribution in [3.05, 3.63) is 29.3 Å². The van der Waals surface area contributed by atoms with Gasteiger partial charge in [0.05, 0.1) is 12.7 Å². The molecule has 1 N–H and O–H groups in total. The fourth-order valence-corrected chi connectivity index (χ4v) is 2.71. The second-order valence-electron chi connectivity index (χ2n) is 5.42. The first-order valence-corrected chi connectivity index (χ1v) is 7.79.